The Bertz CT molecular complexity index is 538. The van der Waals surface area contributed by atoms with Gasteiger partial charge in [0.2, 0.25) is 0 Å². The Kier molecular flexibility index (Phi) is 4.06. The van der Waals surface area contributed by atoms with Crippen LogP contribution in [-0.4, -0.2) is 51.4 Å². The highest BCUT2D eigenvalue weighted by Gasteiger charge is 2.21. The highest BCUT2D eigenvalue weighted by Crippen LogP contribution is 2.09. The van der Waals surface area contributed by atoms with E-state index in [9.17, 15) is 13.6 Å². The molecule has 0 unspecified atom stereocenters. The van der Waals surface area contributed by atoms with Crippen LogP contribution in [0.3, 0.4) is 0 Å². The molecule has 7 heteroatoms. The zero-order valence-corrected chi connectivity index (χ0v) is 10.0. The molecule has 0 aromatic carbocycles. The lowest BCUT2D eigenvalue weighted by atomic mass is 10.3. The number of halogens is 2. The first kappa shape index (κ1) is 13.4. The number of aromatic nitrogens is 2. The SMILES string of the molecule is O=C(c1cn2ccccc2n1)N(CCO)CC(F)F. The molecule has 1 N–H and O–H groups in total. The van der Waals surface area contributed by atoms with Crippen LogP contribution in [0.15, 0.2) is 30.6 Å². The zero-order chi connectivity index (χ0) is 13.8. The summed E-state index contributed by atoms with van der Waals surface area (Å²) in [5.41, 5.74) is 0.646. The number of hydrogen-bond acceptors (Lipinski definition) is 3. The zero-order valence-electron chi connectivity index (χ0n) is 10.0. The Balaban J connectivity index is 2.24. The van der Waals surface area contributed by atoms with Gasteiger partial charge in [-0.15, -0.1) is 0 Å². The van der Waals surface area contributed by atoms with Crippen molar-refractivity contribution in [3.8, 4) is 0 Å². The molecule has 102 valence electrons. The number of aliphatic hydroxyl groups excluding tert-OH is 1. The van der Waals surface area contributed by atoms with Gasteiger partial charge in [0.25, 0.3) is 12.3 Å². The van der Waals surface area contributed by atoms with Crippen molar-refractivity contribution in [1.82, 2.24) is 14.3 Å². The first-order valence-electron chi connectivity index (χ1n) is 5.74. The number of hydrogen-bond donors (Lipinski definition) is 1. The number of pyridine rings is 1. The summed E-state index contributed by atoms with van der Waals surface area (Å²) in [5.74, 6) is -0.613. The quantitative estimate of drug-likeness (QED) is 0.882. The second kappa shape index (κ2) is 5.75. The molecule has 0 aliphatic carbocycles. The molecule has 0 aliphatic rings. The number of imidazole rings is 1. The van der Waals surface area contributed by atoms with E-state index in [4.69, 9.17) is 5.11 Å². The Labute approximate surface area is 108 Å². The minimum atomic E-state index is -2.65. The molecule has 0 aliphatic heterocycles. The van der Waals surface area contributed by atoms with Gasteiger partial charge < -0.3 is 14.4 Å². The normalized spacial score (nSPS) is 11.2. The molecule has 1 amide bonds. The summed E-state index contributed by atoms with van der Waals surface area (Å²) in [6.45, 7) is -1.23. The molecule has 2 heterocycles. The van der Waals surface area contributed by atoms with Crippen LogP contribution in [0.25, 0.3) is 5.65 Å². The maximum absolute atomic E-state index is 12.4. The van der Waals surface area contributed by atoms with Gasteiger partial charge in [-0.1, -0.05) is 6.07 Å². The largest absolute Gasteiger partial charge is 0.395 e. The Morgan fingerprint density at radius 2 is 2.26 bits per heavy atom. The molecule has 0 saturated heterocycles. The number of carbonyl (C=O) groups is 1. The minimum absolute atomic E-state index is 0.0836. The molecular weight excluding hydrogens is 256 g/mol. The Morgan fingerprint density at radius 3 is 2.89 bits per heavy atom. The van der Waals surface area contributed by atoms with Gasteiger partial charge >= 0.3 is 0 Å². The fraction of sp³-hybridized carbons (Fsp3) is 0.333. The number of carbonyl (C=O) groups excluding carboxylic acids is 1. The smallest absolute Gasteiger partial charge is 0.274 e. The third-order valence-corrected chi connectivity index (χ3v) is 2.60. The molecular formula is C12H13F2N3O2. The van der Waals surface area contributed by atoms with Gasteiger partial charge in [-0.2, -0.15) is 0 Å². The molecule has 2 rings (SSSR count). The van der Waals surface area contributed by atoms with Crippen molar-refractivity contribution >= 4 is 11.6 Å². The van der Waals surface area contributed by atoms with Gasteiger partial charge in [-0.05, 0) is 12.1 Å². The van der Waals surface area contributed by atoms with Gasteiger partial charge in [0.15, 0.2) is 0 Å². The van der Waals surface area contributed by atoms with E-state index in [1.54, 1.807) is 28.8 Å². The van der Waals surface area contributed by atoms with Crippen molar-refractivity contribution in [1.29, 1.82) is 0 Å². The molecule has 2 aromatic rings. The van der Waals surface area contributed by atoms with Crippen molar-refractivity contribution < 1.29 is 18.7 Å². The number of aliphatic hydroxyl groups is 1. The molecule has 19 heavy (non-hydrogen) atoms. The molecule has 0 atom stereocenters. The lowest BCUT2D eigenvalue weighted by molar-refractivity contribution is 0.0505. The van der Waals surface area contributed by atoms with E-state index < -0.39 is 18.9 Å². The molecule has 0 saturated carbocycles. The van der Waals surface area contributed by atoms with E-state index in [0.717, 1.165) is 4.90 Å². The number of alkyl halides is 2. The monoisotopic (exact) mass is 269 g/mol. The summed E-state index contributed by atoms with van der Waals surface area (Å²) in [6, 6.07) is 5.25. The highest BCUT2D eigenvalue weighted by molar-refractivity contribution is 5.92. The van der Waals surface area contributed by atoms with Crippen LogP contribution in [-0.2, 0) is 0 Å². The molecule has 5 nitrogen and oxygen atoms in total. The molecule has 0 spiro atoms. The molecule has 2 aromatic heterocycles. The molecule has 0 radical (unpaired) electrons. The predicted molar refractivity (Wildman–Crippen MR) is 64.2 cm³/mol. The summed E-state index contributed by atoms with van der Waals surface area (Å²) in [4.78, 5) is 17.0. The lowest BCUT2D eigenvalue weighted by Gasteiger charge is -2.19. The van der Waals surface area contributed by atoms with Gasteiger partial charge in [-0.25, -0.2) is 13.8 Å². The van der Waals surface area contributed by atoms with E-state index in [2.05, 4.69) is 4.98 Å². The van der Waals surface area contributed by atoms with E-state index in [-0.39, 0.29) is 18.8 Å². The van der Waals surface area contributed by atoms with Gasteiger partial charge in [-0.3, -0.25) is 4.79 Å². The fourth-order valence-electron chi connectivity index (χ4n) is 1.76. The minimum Gasteiger partial charge on any atom is -0.395 e. The van der Waals surface area contributed by atoms with E-state index >= 15 is 0 Å². The van der Waals surface area contributed by atoms with E-state index in [1.165, 1.54) is 6.20 Å². The van der Waals surface area contributed by atoms with Crippen LogP contribution in [0.5, 0.6) is 0 Å². The Morgan fingerprint density at radius 1 is 1.47 bits per heavy atom. The highest BCUT2D eigenvalue weighted by atomic mass is 19.3. The Hall–Kier alpha value is -2.02. The first-order chi connectivity index (χ1) is 9.11. The molecule has 0 fully saturated rings. The maximum atomic E-state index is 12.4. The maximum Gasteiger partial charge on any atom is 0.274 e. The van der Waals surface area contributed by atoms with Crippen molar-refractivity contribution in [2.24, 2.45) is 0 Å². The van der Waals surface area contributed by atoms with Crippen LogP contribution >= 0.6 is 0 Å². The van der Waals surface area contributed by atoms with Crippen LogP contribution < -0.4 is 0 Å². The second-order valence-corrected chi connectivity index (χ2v) is 3.96. The average Bonchev–Trinajstić information content (AvgIpc) is 2.80. The van der Waals surface area contributed by atoms with Crippen molar-refractivity contribution in [2.75, 3.05) is 19.7 Å². The number of rotatable bonds is 5. The third-order valence-electron chi connectivity index (χ3n) is 2.60. The summed E-state index contributed by atoms with van der Waals surface area (Å²) in [5, 5.41) is 8.82. The third kappa shape index (κ3) is 3.05. The molecule has 0 bridgehead atoms. The average molecular weight is 269 g/mol. The second-order valence-electron chi connectivity index (χ2n) is 3.96. The lowest BCUT2D eigenvalue weighted by Crippen LogP contribution is -2.37. The van der Waals surface area contributed by atoms with E-state index in [0.29, 0.717) is 5.65 Å². The summed E-state index contributed by atoms with van der Waals surface area (Å²) >= 11 is 0. The fourth-order valence-corrected chi connectivity index (χ4v) is 1.76. The van der Waals surface area contributed by atoms with Gasteiger partial charge in [0, 0.05) is 18.9 Å². The van der Waals surface area contributed by atoms with Crippen molar-refractivity contribution in [3.05, 3.63) is 36.3 Å². The van der Waals surface area contributed by atoms with Crippen LogP contribution in [0.2, 0.25) is 0 Å². The van der Waals surface area contributed by atoms with Gasteiger partial charge in [0.1, 0.15) is 11.3 Å². The predicted octanol–water partition coefficient (Wildman–Crippen LogP) is 1.03. The van der Waals surface area contributed by atoms with Crippen LogP contribution in [0.1, 0.15) is 10.5 Å². The van der Waals surface area contributed by atoms with Crippen molar-refractivity contribution in [2.45, 2.75) is 6.43 Å². The number of nitrogens with zero attached hydrogens (tertiary/aromatic N) is 3. The van der Waals surface area contributed by atoms with Crippen LogP contribution in [0.4, 0.5) is 8.78 Å². The number of fused-ring (bicyclic) bond motifs is 1. The summed E-state index contributed by atoms with van der Waals surface area (Å²) < 4.78 is 26.4. The standard InChI is InChI=1S/C12H13F2N3O2/c13-10(14)8-17(5-6-18)12(19)9-7-16-4-2-1-3-11(16)15-9/h1-4,7,10,18H,5-6,8H2. The van der Waals surface area contributed by atoms with Crippen LogP contribution in [0, 0.1) is 0 Å². The van der Waals surface area contributed by atoms with Crippen molar-refractivity contribution in [3.63, 3.8) is 0 Å². The topological polar surface area (TPSA) is 57.8 Å². The summed E-state index contributed by atoms with van der Waals surface area (Å²) in [6.07, 6.45) is 0.545. The first-order valence-corrected chi connectivity index (χ1v) is 5.74. The number of amides is 1. The van der Waals surface area contributed by atoms with E-state index in [1.807, 2.05) is 0 Å². The summed E-state index contributed by atoms with van der Waals surface area (Å²) in [7, 11) is 0. The van der Waals surface area contributed by atoms with Gasteiger partial charge in [0.05, 0.1) is 13.2 Å².